The van der Waals surface area contributed by atoms with Gasteiger partial charge in [0, 0.05) is 13.0 Å². The maximum Gasteiger partial charge on any atom is 0.217 e. The molecule has 1 fully saturated rings. The Labute approximate surface area is 79.5 Å². The zero-order valence-corrected chi connectivity index (χ0v) is 8.63. The molecule has 2 unspecified atom stereocenters. The van der Waals surface area contributed by atoms with Crippen LogP contribution in [0.4, 0.5) is 0 Å². The van der Waals surface area contributed by atoms with E-state index in [1.165, 1.54) is 6.92 Å². The Balaban J connectivity index is 2.52. The monoisotopic (exact) mass is 185 g/mol. The fourth-order valence-electron chi connectivity index (χ4n) is 2.28. The van der Waals surface area contributed by atoms with E-state index in [-0.39, 0.29) is 23.5 Å². The van der Waals surface area contributed by atoms with E-state index in [0.29, 0.717) is 6.42 Å². The molecule has 0 aromatic carbocycles. The second-order valence-corrected chi connectivity index (χ2v) is 4.86. The maximum atomic E-state index is 10.8. The van der Waals surface area contributed by atoms with Crippen LogP contribution in [0.5, 0.6) is 0 Å². The first-order chi connectivity index (χ1) is 5.89. The van der Waals surface area contributed by atoms with Gasteiger partial charge in [-0.2, -0.15) is 0 Å². The van der Waals surface area contributed by atoms with Crippen LogP contribution < -0.4 is 5.32 Å². The van der Waals surface area contributed by atoms with Crippen molar-refractivity contribution in [2.45, 2.75) is 52.2 Å². The average molecular weight is 185 g/mol. The van der Waals surface area contributed by atoms with Crippen LogP contribution in [0.2, 0.25) is 0 Å². The number of nitrogens with one attached hydrogen (secondary N) is 1. The first-order valence-electron chi connectivity index (χ1n) is 4.84. The van der Waals surface area contributed by atoms with Crippen molar-refractivity contribution in [2.24, 2.45) is 5.41 Å². The molecule has 1 aliphatic carbocycles. The number of aliphatic hydroxyl groups is 1. The Bertz CT molecular complexity index is 201. The van der Waals surface area contributed by atoms with E-state index in [1.54, 1.807) is 0 Å². The van der Waals surface area contributed by atoms with Crippen molar-refractivity contribution in [3.63, 3.8) is 0 Å². The highest BCUT2D eigenvalue weighted by Crippen LogP contribution is 2.35. The van der Waals surface area contributed by atoms with Crippen LogP contribution in [0, 0.1) is 5.41 Å². The van der Waals surface area contributed by atoms with E-state index in [9.17, 15) is 9.90 Å². The highest BCUT2D eigenvalue weighted by molar-refractivity contribution is 5.73. The topological polar surface area (TPSA) is 49.3 Å². The Morgan fingerprint density at radius 3 is 2.54 bits per heavy atom. The van der Waals surface area contributed by atoms with Crippen molar-refractivity contribution in [3.8, 4) is 0 Å². The lowest BCUT2D eigenvalue weighted by molar-refractivity contribution is -0.120. The van der Waals surface area contributed by atoms with Crippen LogP contribution in [0.15, 0.2) is 0 Å². The normalized spacial score (nSPS) is 32.6. The number of hydrogen-bond acceptors (Lipinski definition) is 2. The Morgan fingerprint density at radius 1 is 1.46 bits per heavy atom. The van der Waals surface area contributed by atoms with Crippen molar-refractivity contribution in [2.75, 3.05) is 0 Å². The van der Waals surface area contributed by atoms with Crippen molar-refractivity contribution in [1.82, 2.24) is 5.32 Å². The van der Waals surface area contributed by atoms with Gasteiger partial charge in [-0.1, -0.05) is 13.8 Å². The molecule has 1 aliphatic rings. The molecule has 76 valence electrons. The largest absolute Gasteiger partial charge is 0.393 e. The zero-order valence-electron chi connectivity index (χ0n) is 8.63. The van der Waals surface area contributed by atoms with Gasteiger partial charge in [0.25, 0.3) is 0 Å². The van der Waals surface area contributed by atoms with E-state index >= 15 is 0 Å². The third kappa shape index (κ3) is 3.35. The molecule has 3 heteroatoms. The summed E-state index contributed by atoms with van der Waals surface area (Å²) in [6.45, 7) is 5.78. The van der Waals surface area contributed by atoms with Gasteiger partial charge in [0.2, 0.25) is 5.91 Å². The molecule has 0 aromatic rings. The summed E-state index contributed by atoms with van der Waals surface area (Å²) >= 11 is 0. The van der Waals surface area contributed by atoms with Gasteiger partial charge >= 0.3 is 0 Å². The number of amides is 1. The van der Waals surface area contributed by atoms with Gasteiger partial charge in [-0.15, -0.1) is 0 Å². The summed E-state index contributed by atoms with van der Waals surface area (Å²) in [5, 5.41) is 12.4. The van der Waals surface area contributed by atoms with E-state index in [1.807, 2.05) is 0 Å². The predicted octanol–water partition coefficient (Wildman–Crippen LogP) is 1.06. The molecule has 0 radical (unpaired) electrons. The van der Waals surface area contributed by atoms with Crippen molar-refractivity contribution in [1.29, 1.82) is 0 Å². The Morgan fingerprint density at radius 2 is 2.08 bits per heavy atom. The van der Waals surface area contributed by atoms with Gasteiger partial charge in [0.1, 0.15) is 0 Å². The predicted molar refractivity (Wildman–Crippen MR) is 51.2 cm³/mol. The van der Waals surface area contributed by atoms with Crippen LogP contribution in [0.3, 0.4) is 0 Å². The summed E-state index contributed by atoms with van der Waals surface area (Å²) in [5.74, 6) is -0.00472. The average Bonchev–Trinajstić information content (AvgIpc) is 1.78. The van der Waals surface area contributed by atoms with Crippen molar-refractivity contribution in [3.05, 3.63) is 0 Å². The van der Waals surface area contributed by atoms with Gasteiger partial charge in [-0.05, 0) is 24.7 Å². The number of carbonyl (C=O) groups excluding carboxylic acids is 1. The molecular weight excluding hydrogens is 166 g/mol. The third-order valence-electron chi connectivity index (χ3n) is 2.55. The molecule has 0 heterocycles. The minimum absolute atomic E-state index is 0.00472. The van der Waals surface area contributed by atoms with Gasteiger partial charge < -0.3 is 10.4 Å². The SMILES string of the molecule is CC(=O)NC1CC(O)CC(C)(C)C1. The molecule has 13 heavy (non-hydrogen) atoms. The lowest BCUT2D eigenvalue weighted by atomic mass is 9.74. The molecule has 0 aromatic heterocycles. The van der Waals surface area contributed by atoms with Crippen LogP contribution >= 0.6 is 0 Å². The molecule has 3 nitrogen and oxygen atoms in total. The lowest BCUT2D eigenvalue weighted by Crippen LogP contribution is -2.44. The van der Waals surface area contributed by atoms with Gasteiger partial charge in [-0.3, -0.25) is 4.79 Å². The third-order valence-corrected chi connectivity index (χ3v) is 2.55. The summed E-state index contributed by atoms with van der Waals surface area (Å²) in [6.07, 6.45) is 2.23. The Kier molecular flexibility index (Phi) is 2.96. The maximum absolute atomic E-state index is 10.8. The van der Waals surface area contributed by atoms with Crippen molar-refractivity contribution >= 4 is 5.91 Å². The molecular formula is C10H19NO2. The van der Waals surface area contributed by atoms with E-state index in [0.717, 1.165) is 12.8 Å². The minimum Gasteiger partial charge on any atom is -0.393 e. The van der Waals surface area contributed by atoms with Crippen LogP contribution in [-0.4, -0.2) is 23.2 Å². The standard InChI is InChI=1S/C10H19NO2/c1-7(12)11-8-4-9(13)6-10(2,3)5-8/h8-9,13H,4-6H2,1-3H3,(H,11,12). The molecule has 2 N–H and O–H groups in total. The second-order valence-electron chi connectivity index (χ2n) is 4.86. The van der Waals surface area contributed by atoms with E-state index in [2.05, 4.69) is 19.2 Å². The molecule has 0 spiro atoms. The molecule has 1 amide bonds. The summed E-state index contributed by atoms with van der Waals surface area (Å²) in [4.78, 5) is 10.8. The fraction of sp³-hybridized carbons (Fsp3) is 0.900. The molecule has 2 atom stereocenters. The molecule has 0 aliphatic heterocycles. The van der Waals surface area contributed by atoms with Crippen molar-refractivity contribution < 1.29 is 9.90 Å². The number of aliphatic hydroxyl groups excluding tert-OH is 1. The molecule has 0 saturated heterocycles. The lowest BCUT2D eigenvalue weighted by Gasteiger charge is -2.38. The number of rotatable bonds is 1. The van der Waals surface area contributed by atoms with Crippen LogP contribution in [0.1, 0.15) is 40.0 Å². The van der Waals surface area contributed by atoms with Gasteiger partial charge in [0.05, 0.1) is 6.10 Å². The quantitative estimate of drug-likeness (QED) is 0.642. The highest BCUT2D eigenvalue weighted by atomic mass is 16.3. The fourth-order valence-corrected chi connectivity index (χ4v) is 2.28. The number of carbonyl (C=O) groups is 1. The number of hydrogen-bond donors (Lipinski definition) is 2. The van der Waals surface area contributed by atoms with Gasteiger partial charge in [-0.25, -0.2) is 0 Å². The minimum atomic E-state index is -0.263. The van der Waals surface area contributed by atoms with E-state index in [4.69, 9.17) is 0 Å². The van der Waals surface area contributed by atoms with Gasteiger partial charge in [0.15, 0.2) is 0 Å². The highest BCUT2D eigenvalue weighted by Gasteiger charge is 2.33. The summed E-state index contributed by atoms with van der Waals surface area (Å²) in [5.41, 5.74) is 0.144. The van der Waals surface area contributed by atoms with E-state index < -0.39 is 0 Å². The summed E-state index contributed by atoms with van der Waals surface area (Å²) in [6, 6.07) is 0.149. The first-order valence-corrected chi connectivity index (χ1v) is 4.84. The zero-order chi connectivity index (χ0) is 10.1. The van der Waals surface area contributed by atoms with Crippen LogP contribution in [-0.2, 0) is 4.79 Å². The molecule has 1 rings (SSSR count). The first kappa shape index (κ1) is 10.5. The Hall–Kier alpha value is -0.570. The summed E-state index contributed by atoms with van der Waals surface area (Å²) < 4.78 is 0. The molecule has 0 bridgehead atoms. The molecule has 1 saturated carbocycles. The van der Waals surface area contributed by atoms with Crippen LogP contribution in [0.25, 0.3) is 0 Å². The summed E-state index contributed by atoms with van der Waals surface area (Å²) in [7, 11) is 0. The smallest absolute Gasteiger partial charge is 0.217 e. The second kappa shape index (κ2) is 3.66.